The molecule has 2 saturated heterocycles. The molecule has 0 spiro atoms. The molecule has 2 aliphatic heterocycles. The minimum absolute atomic E-state index is 0.0201. The Morgan fingerprint density at radius 3 is 1.62 bits per heavy atom. The Hall–Kier alpha value is -6.28. The van der Waals surface area contributed by atoms with Crippen molar-refractivity contribution in [3.8, 4) is 0 Å². The topological polar surface area (TPSA) is 334 Å². The fraction of sp³-hybridized carbons (Fsp3) is 0.845. The number of nitrogens with one attached hydrogen (secondary N) is 3. The number of amides is 9. The molecule has 0 aromatic rings. The van der Waals surface area contributed by atoms with E-state index >= 15 is 28.8 Å². The Labute approximate surface area is 585 Å². The number of hydrogen-bond donors (Lipinski definition) is 4. The van der Waals surface area contributed by atoms with Gasteiger partial charge in [0.05, 0.1) is 31.5 Å². The number of aliphatic hydroxyl groups is 1. The van der Waals surface area contributed by atoms with Gasteiger partial charge in [0, 0.05) is 98.1 Å². The molecule has 14 atom stereocenters. The number of rotatable bonds is 24. The molecule has 0 bridgehead atoms. The summed E-state index contributed by atoms with van der Waals surface area (Å²) >= 11 is 0. The molecule has 27 heteroatoms. The van der Waals surface area contributed by atoms with Gasteiger partial charge in [-0.05, 0) is 120 Å². The molecule has 98 heavy (non-hydrogen) atoms. The van der Waals surface area contributed by atoms with Crippen molar-refractivity contribution in [2.75, 3.05) is 88.3 Å². The molecule has 2 aliphatic rings. The lowest BCUT2D eigenvalue weighted by molar-refractivity contribution is -0.154. The van der Waals surface area contributed by atoms with E-state index in [0.29, 0.717) is 45.3 Å². The maximum atomic E-state index is 15.2. The van der Waals surface area contributed by atoms with Crippen LogP contribution in [0.1, 0.15) is 188 Å². The quantitative estimate of drug-likeness (QED) is 0.0380. The van der Waals surface area contributed by atoms with Crippen LogP contribution in [-0.4, -0.2) is 259 Å². The number of unbranched alkanes of at least 4 members (excludes halogenated alkanes) is 3. The minimum atomic E-state index is -1.72. The van der Waals surface area contributed by atoms with E-state index in [-0.39, 0.29) is 69.4 Å². The molecule has 2 rings (SSSR count). The summed E-state index contributed by atoms with van der Waals surface area (Å²) < 4.78 is 11.9. The maximum Gasteiger partial charge on any atom is 0.245 e. The number of Topliss-reactive ketones (excluding diaryl/α,β-unsaturated/α-hetero) is 2. The first-order valence-electron chi connectivity index (χ1n) is 36.0. The van der Waals surface area contributed by atoms with Crippen molar-refractivity contribution in [2.24, 2.45) is 52.5 Å². The molecule has 2 fully saturated rings. The number of carbonyl (C=O) groups excluding carboxylic acids is 11. The van der Waals surface area contributed by atoms with Gasteiger partial charge in [-0.3, -0.25) is 57.6 Å². The summed E-state index contributed by atoms with van der Waals surface area (Å²) in [6.45, 7) is 32.0. The Morgan fingerprint density at radius 2 is 1.09 bits per heavy atom. The highest BCUT2D eigenvalue weighted by molar-refractivity contribution is 6.00. The number of azide groups is 1. The number of hydrogen-bond acceptors (Lipinski definition) is 16. The number of carbonyl (C=O) groups is 11. The first-order chi connectivity index (χ1) is 45.8. The van der Waals surface area contributed by atoms with Crippen molar-refractivity contribution in [2.45, 2.75) is 254 Å². The highest BCUT2D eigenvalue weighted by Crippen LogP contribution is 2.28. The maximum absolute atomic E-state index is 15.2. The molecule has 0 radical (unpaired) electrons. The van der Waals surface area contributed by atoms with Crippen LogP contribution < -0.4 is 16.0 Å². The third-order valence-corrected chi connectivity index (χ3v) is 19.6. The van der Waals surface area contributed by atoms with Gasteiger partial charge in [0.2, 0.25) is 53.2 Å². The molecule has 0 aromatic carbocycles. The Balaban J connectivity index is 2.99. The predicted molar refractivity (Wildman–Crippen MR) is 376 cm³/mol. The van der Waals surface area contributed by atoms with Crippen LogP contribution in [0.15, 0.2) is 5.11 Å². The SMILES string of the molecule is CC[C@@H]1NC(=O)[C@H]([C@H](O)[C@H](C)CCCCCN=[N+]=[N-])NC(=O)[C@H](C(C)C)N(C)C(=O)[C@H](CC(C)C)N(C)C(=O)[C@H](CC(C)C)N(C)C(=O)[C@@H](C)NC(=O)[C@H](C)CC(=O)[C@H](CC(C)C)N(C)C(=O)[C@H](C(C)C)CC(=O)[C@H]([C@@H](C)OCCCCN2CCOCC2)N(C)C(=O)[C@@H](C)N(C)C1=O. The van der Waals surface area contributed by atoms with Gasteiger partial charge >= 0.3 is 0 Å². The van der Waals surface area contributed by atoms with Gasteiger partial charge in [-0.25, -0.2) is 0 Å². The lowest BCUT2D eigenvalue weighted by Crippen LogP contribution is -2.63. The lowest BCUT2D eigenvalue weighted by Gasteiger charge is -2.40. The van der Waals surface area contributed by atoms with Crippen LogP contribution in [0, 0.1) is 47.3 Å². The van der Waals surface area contributed by atoms with Crippen molar-refractivity contribution < 1.29 is 67.3 Å². The molecule has 0 saturated carbocycles. The standard InChI is InChI=1S/C71H127N13O14/c1-23-53-69(94)78(17)50(15)67(92)83(22)61(51(16)98-34-28-27-31-84-32-35-97-36-33-84)58(86)41-52(45(8)9)68(93)79(18)54(37-42(2)3)57(85)40-48(13)63(88)74-49(14)66(91)80(19)55(38-43(4)5)70(95)81(20)56(39-44(6)7)71(96)82(21)60(46(10)11)65(90)76-59(64(89)75-53)62(87)47(12)29-25-24-26-30-73-77-72/h42-56,59-62,87H,23-41H2,1-22H3,(H,74,88)(H,75,89)(H,76,90)/t47-,48-,49-,50-,51-,52+,53+,54+,55+,56+,59+,60+,61+,62-/m1/s1. The fourth-order valence-electron chi connectivity index (χ4n) is 13.1. The molecule has 0 unspecified atom stereocenters. The molecule has 4 N–H and O–H groups in total. The summed E-state index contributed by atoms with van der Waals surface area (Å²) in [4.78, 5) is 176. The van der Waals surface area contributed by atoms with Crippen LogP contribution in [0.2, 0.25) is 0 Å². The first-order valence-corrected chi connectivity index (χ1v) is 36.0. The van der Waals surface area contributed by atoms with Crippen molar-refractivity contribution in [1.82, 2.24) is 50.2 Å². The first kappa shape index (κ1) is 87.8. The lowest BCUT2D eigenvalue weighted by atomic mass is 9.85. The summed E-state index contributed by atoms with van der Waals surface area (Å²) in [5.74, 6) is -11.2. The summed E-state index contributed by atoms with van der Waals surface area (Å²) in [5, 5.41) is 24.1. The van der Waals surface area contributed by atoms with Crippen LogP contribution in [-0.2, 0) is 62.2 Å². The Kier molecular flexibility index (Phi) is 38.3. The third-order valence-electron chi connectivity index (χ3n) is 19.6. The number of ether oxygens (including phenoxy) is 2. The van der Waals surface area contributed by atoms with Crippen LogP contribution in [0.3, 0.4) is 0 Å². The zero-order chi connectivity index (χ0) is 74.7. The number of nitrogens with zero attached hydrogens (tertiary/aromatic N) is 10. The van der Waals surface area contributed by atoms with Crippen LogP contribution in [0.25, 0.3) is 10.4 Å². The van der Waals surface area contributed by atoms with E-state index in [1.165, 1.54) is 80.6 Å². The van der Waals surface area contributed by atoms with Gasteiger partial charge in [-0.1, -0.05) is 108 Å². The fourth-order valence-corrected chi connectivity index (χ4v) is 13.1. The van der Waals surface area contributed by atoms with E-state index in [2.05, 4.69) is 30.9 Å². The third kappa shape index (κ3) is 26.3. The second kappa shape index (κ2) is 42.7. The second-order valence-corrected chi connectivity index (χ2v) is 29.7. The van der Waals surface area contributed by atoms with Crippen LogP contribution in [0.5, 0.6) is 0 Å². The van der Waals surface area contributed by atoms with E-state index in [1.807, 2.05) is 41.5 Å². The smallest absolute Gasteiger partial charge is 0.245 e. The second-order valence-electron chi connectivity index (χ2n) is 29.7. The molecular weight excluding hydrogens is 1260 g/mol. The number of ketones is 2. The van der Waals surface area contributed by atoms with Gasteiger partial charge in [0.25, 0.3) is 0 Å². The normalized spacial score (nSPS) is 26.9. The van der Waals surface area contributed by atoms with Crippen molar-refractivity contribution in [1.29, 1.82) is 0 Å². The van der Waals surface area contributed by atoms with E-state index in [0.717, 1.165) is 31.0 Å². The van der Waals surface area contributed by atoms with Gasteiger partial charge in [0.1, 0.15) is 48.3 Å². The van der Waals surface area contributed by atoms with Gasteiger partial charge < -0.3 is 59.9 Å². The van der Waals surface area contributed by atoms with Crippen LogP contribution in [0.4, 0.5) is 0 Å². The molecule has 560 valence electrons. The average Bonchev–Trinajstić information content (AvgIpc) is 0.815. The monoisotopic (exact) mass is 1390 g/mol. The molecule has 2 heterocycles. The zero-order valence-corrected chi connectivity index (χ0v) is 63.6. The zero-order valence-electron chi connectivity index (χ0n) is 63.6. The van der Waals surface area contributed by atoms with Crippen molar-refractivity contribution in [3.63, 3.8) is 0 Å². The van der Waals surface area contributed by atoms with E-state index < -0.39 is 161 Å². The highest BCUT2D eigenvalue weighted by Gasteiger charge is 2.45. The largest absolute Gasteiger partial charge is 0.390 e. The number of likely N-dealkylation sites (N-methyl/N-ethyl adjacent to an activating group) is 6. The molecule has 9 amide bonds. The van der Waals surface area contributed by atoms with E-state index in [1.54, 1.807) is 55.4 Å². The Morgan fingerprint density at radius 1 is 0.561 bits per heavy atom. The van der Waals surface area contributed by atoms with Crippen molar-refractivity contribution >= 4 is 64.7 Å². The number of morpholine rings is 1. The molecule has 0 aromatic heterocycles. The number of aliphatic hydroxyl groups excluding tert-OH is 1. The Bertz CT molecular complexity index is 2670. The summed E-state index contributed by atoms with van der Waals surface area (Å²) in [5.41, 5.74) is 8.80. The summed E-state index contributed by atoms with van der Waals surface area (Å²) in [6, 6.07) is -11.5. The summed E-state index contributed by atoms with van der Waals surface area (Å²) in [6.07, 6.45) is 0.820. The van der Waals surface area contributed by atoms with E-state index in [9.17, 15) is 29.1 Å². The highest BCUT2D eigenvalue weighted by atomic mass is 16.5. The molecule has 0 aliphatic carbocycles. The van der Waals surface area contributed by atoms with Gasteiger partial charge in [-0.2, -0.15) is 0 Å². The molecular formula is C71H127N13O14. The molecule has 27 nitrogen and oxygen atoms in total. The predicted octanol–water partition coefficient (Wildman–Crippen LogP) is 5.87. The van der Waals surface area contributed by atoms with E-state index in [4.69, 9.17) is 15.0 Å². The van der Waals surface area contributed by atoms with Crippen LogP contribution >= 0.6 is 0 Å². The van der Waals surface area contributed by atoms with Gasteiger partial charge in [-0.15, -0.1) is 0 Å². The van der Waals surface area contributed by atoms with Gasteiger partial charge in [0.15, 0.2) is 11.6 Å². The van der Waals surface area contributed by atoms with Crippen molar-refractivity contribution in [3.05, 3.63) is 10.4 Å². The minimum Gasteiger partial charge on any atom is -0.390 e. The summed E-state index contributed by atoms with van der Waals surface area (Å²) in [7, 11) is 8.66. The average molecular weight is 1390 g/mol.